The molecule has 0 radical (unpaired) electrons. The van der Waals surface area contributed by atoms with Crippen molar-refractivity contribution >= 4 is 0 Å². The molecule has 0 bridgehead atoms. The summed E-state index contributed by atoms with van der Waals surface area (Å²) in [6.45, 7) is 1.75. The first-order valence-corrected chi connectivity index (χ1v) is 6.35. The zero-order valence-electron chi connectivity index (χ0n) is 10.2. The second-order valence-electron chi connectivity index (χ2n) is 4.91. The third kappa shape index (κ3) is 3.42. The molecule has 0 aromatic heterocycles. The molecule has 4 N–H and O–H groups in total. The van der Waals surface area contributed by atoms with Gasteiger partial charge in [-0.05, 0) is 19.3 Å². The van der Waals surface area contributed by atoms with Gasteiger partial charge in [-0.2, -0.15) is 0 Å². The Morgan fingerprint density at radius 1 is 1.12 bits per heavy atom. The lowest BCUT2D eigenvalue weighted by Gasteiger charge is -2.36. The van der Waals surface area contributed by atoms with Crippen molar-refractivity contribution in [1.82, 2.24) is 5.32 Å². The fraction of sp³-hybridized carbons (Fsp3) is 1.00. The number of hydrogen-bond acceptors (Lipinski definition) is 4. The van der Waals surface area contributed by atoms with Gasteiger partial charge >= 0.3 is 0 Å². The molecule has 1 saturated carbocycles. The highest BCUT2D eigenvalue weighted by atomic mass is 16.3. The van der Waals surface area contributed by atoms with E-state index in [1.807, 2.05) is 6.92 Å². The van der Waals surface area contributed by atoms with Crippen LogP contribution in [-0.4, -0.2) is 46.2 Å². The largest absolute Gasteiger partial charge is 0.394 e. The molecule has 0 amide bonds. The van der Waals surface area contributed by atoms with Crippen molar-refractivity contribution in [3.05, 3.63) is 0 Å². The highest BCUT2D eigenvalue weighted by molar-refractivity contribution is 4.92. The van der Waals surface area contributed by atoms with Crippen LogP contribution >= 0.6 is 0 Å². The van der Waals surface area contributed by atoms with Gasteiger partial charge in [-0.15, -0.1) is 0 Å². The van der Waals surface area contributed by atoms with Gasteiger partial charge in [0.05, 0.1) is 24.9 Å². The zero-order chi connectivity index (χ0) is 12.0. The van der Waals surface area contributed by atoms with E-state index in [0.29, 0.717) is 6.42 Å². The average molecular weight is 231 g/mol. The molecule has 0 spiro atoms. The van der Waals surface area contributed by atoms with E-state index in [2.05, 4.69) is 5.32 Å². The number of nitrogens with one attached hydrogen (secondary N) is 1. The molecule has 4 nitrogen and oxygen atoms in total. The van der Waals surface area contributed by atoms with Crippen molar-refractivity contribution in [3.8, 4) is 0 Å². The van der Waals surface area contributed by atoms with E-state index < -0.39 is 5.54 Å². The summed E-state index contributed by atoms with van der Waals surface area (Å²) in [6, 6.07) is 0.00162. The molecule has 96 valence electrons. The third-order valence-electron chi connectivity index (χ3n) is 3.75. The second kappa shape index (κ2) is 6.55. The molecule has 0 heterocycles. The normalized spacial score (nSPS) is 27.8. The minimum absolute atomic E-state index is 0.00162. The lowest BCUT2D eigenvalue weighted by atomic mass is 9.94. The van der Waals surface area contributed by atoms with Crippen LogP contribution in [0.3, 0.4) is 0 Å². The van der Waals surface area contributed by atoms with Crippen LogP contribution in [0.2, 0.25) is 0 Å². The van der Waals surface area contributed by atoms with Crippen LogP contribution in [0, 0.1) is 0 Å². The number of rotatable bonds is 5. The SMILES string of the molecule is CCC(CO)(CO)NC1CCCCCC1O. The van der Waals surface area contributed by atoms with Crippen molar-refractivity contribution in [2.45, 2.75) is 63.1 Å². The molecule has 2 unspecified atom stereocenters. The molecule has 0 aromatic carbocycles. The predicted molar refractivity (Wildman–Crippen MR) is 63.2 cm³/mol. The Hall–Kier alpha value is -0.160. The smallest absolute Gasteiger partial charge is 0.0693 e. The molecule has 0 aromatic rings. The summed E-state index contributed by atoms with van der Waals surface area (Å²) < 4.78 is 0. The van der Waals surface area contributed by atoms with Gasteiger partial charge in [0.1, 0.15) is 0 Å². The van der Waals surface area contributed by atoms with Gasteiger partial charge in [-0.25, -0.2) is 0 Å². The molecule has 1 fully saturated rings. The van der Waals surface area contributed by atoms with Crippen LogP contribution in [0.5, 0.6) is 0 Å². The molecule has 16 heavy (non-hydrogen) atoms. The van der Waals surface area contributed by atoms with Crippen LogP contribution in [0.25, 0.3) is 0 Å². The molecule has 4 heteroatoms. The number of aliphatic hydroxyl groups excluding tert-OH is 3. The lowest BCUT2D eigenvalue weighted by Crippen LogP contribution is -2.58. The standard InChI is InChI=1S/C12H25NO3/c1-2-12(8-14,9-15)13-10-6-4-3-5-7-11(10)16/h10-11,13-16H,2-9H2,1H3. The molecule has 2 atom stereocenters. The molecule has 1 rings (SSSR count). The van der Waals surface area contributed by atoms with Crippen LogP contribution in [0.1, 0.15) is 45.4 Å². The Labute approximate surface area is 97.7 Å². The lowest BCUT2D eigenvalue weighted by molar-refractivity contribution is 0.0427. The number of hydrogen-bond donors (Lipinski definition) is 4. The minimum Gasteiger partial charge on any atom is -0.394 e. The first kappa shape index (κ1) is 13.9. The Bertz CT molecular complexity index is 186. The van der Waals surface area contributed by atoms with Gasteiger partial charge in [0, 0.05) is 6.04 Å². The summed E-state index contributed by atoms with van der Waals surface area (Å²) in [4.78, 5) is 0. The quantitative estimate of drug-likeness (QED) is 0.517. The van der Waals surface area contributed by atoms with E-state index in [-0.39, 0.29) is 25.4 Å². The van der Waals surface area contributed by atoms with E-state index in [4.69, 9.17) is 0 Å². The van der Waals surface area contributed by atoms with Gasteiger partial charge < -0.3 is 20.6 Å². The maximum atomic E-state index is 9.97. The van der Waals surface area contributed by atoms with E-state index >= 15 is 0 Å². The molecular weight excluding hydrogens is 206 g/mol. The fourth-order valence-corrected chi connectivity index (χ4v) is 2.32. The van der Waals surface area contributed by atoms with Crippen molar-refractivity contribution in [3.63, 3.8) is 0 Å². The van der Waals surface area contributed by atoms with Crippen molar-refractivity contribution < 1.29 is 15.3 Å². The molecule has 1 aliphatic carbocycles. The highest BCUT2D eigenvalue weighted by Crippen LogP contribution is 2.21. The topological polar surface area (TPSA) is 72.7 Å². The van der Waals surface area contributed by atoms with Crippen LogP contribution < -0.4 is 5.32 Å². The first-order chi connectivity index (χ1) is 7.67. The van der Waals surface area contributed by atoms with E-state index in [1.165, 1.54) is 0 Å². The van der Waals surface area contributed by atoms with E-state index in [9.17, 15) is 15.3 Å². The van der Waals surface area contributed by atoms with Gasteiger partial charge in [0.25, 0.3) is 0 Å². The van der Waals surface area contributed by atoms with Crippen LogP contribution in [0.15, 0.2) is 0 Å². The summed E-state index contributed by atoms with van der Waals surface area (Å²) in [6.07, 6.45) is 5.36. The summed E-state index contributed by atoms with van der Waals surface area (Å²) in [5.41, 5.74) is -0.643. The number of aliphatic hydroxyl groups is 3. The van der Waals surface area contributed by atoms with Crippen molar-refractivity contribution in [2.24, 2.45) is 0 Å². The maximum Gasteiger partial charge on any atom is 0.0693 e. The summed E-state index contributed by atoms with van der Waals surface area (Å²) in [5.74, 6) is 0. The van der Waals surface area contributed by atoms with Gasteiger partial charge in [0.15, 0.2) is 0 Å². The summed E-state index contributed by atoms with van der Waals surface area (Å²) in [7, 11) is 0. The van der Waals surface area contributed by atoms with E-state index in [1.54, 1.807) is 0 Å². The predicted octanol–water partition coefficient (Wildman–Crippen LogP) is 0.403. The van der Waals surface area contributed by atoms with Crippen molar-refractivity contribution in [1.29, 1.82) is 0 Å². The zero-order valence-corrected chi connectivity index (χ0v) is 10.2. The van der Waals surface area contributed by atoms with Gasteiger partial charge in [-0.3, -0.25) is 0 Å². The Balaban J connectivity index is 2.60. The maximum absolute atomic E-state index is 9.97. The average Bonchev–Trinajstić information content (AvgIpc) is 2.52. The van der Waals surface area contributed by atoms with Gasteiger partial charge in [0.2, 0.25) is 0 Å². The summed E-state index contributed by atoms with van der Waals surface area (Å²) >= 11 is 0. The van der Waals surface area contributed by atoms with Crippen molar-refractivity contribution in [2.75, 3.05) is 13.2 Å². The summed E-state index contributed by atoms with van der Waals surface area (Å²) in [5, 5.41) is 32.0. The van der Waals surface area contributed by atoms with Crippen LogP contribution in [0.4, 0.5) is 0 Å². The Kier molecular flexibility index (Phi) is 5.69. The molecular formula is C12H25NO3. The highest BCUT2D eigenvalue weighted by Gasteiger charge is 2.32. The molecule has 1 aliphatic rings. The Morgan fingerprint density at radius 2 is 1.75 bits per heavy atom. The first-order valence-electron chi connectivity index (χ1n) is 6.35. The van der Waals surface area contributed by atoms with Gasteiger partial charge in [-0.1, -0.05) is 26.2 Å². The van der Waals surface area contributed by atoms with E-state index in [0.717, 1.165) is 32.1 Å². The van der Waals surface area contributed by atoms with Crippen LogP contribution in [-0.2, 0) is 0 Å². The molecule has 0 aliphatic heterocycles. The Morgan fingerprint density at radius 3 is 2.31 bits per heavy atom. The second-order valence-corrected chi connectivity index (χ2v) is 4.91. The minimum atomic E-state index is -0.643. The monoisotopic (exact) mass is 231 g/mol. The fourth-order valence-electron chi connectivity index (χ4n) is 2.32. The molecule has 0 saturated heterocycles. The third-order valence-corrected chi connectivity index (χ3v) is 3.75.